The normalized spacial score (nSPS) is 21.1. The molecule has 0 bridgehead atoms. The molecule has 3 heterocycles. The molecule has 2 fully saturated rings. The van der Waals surface area contributed by atoms with Gasteiger partial charge in [-0.1, -0.05) is 30.7 Å². The molecule has 4 aromatic rings. The van der Waals surface area contributed by atoms with Gasteiger partial charge in [0.05, 0.1) is 29.7 Å². The minimum Gasteiger partial charge on any atom is -0.272 e. The van der Waals surface area contributed by atoms with Gasteiger partial charge in [-0.05, 0) is 55.6 Å². The fourth-order valence-electron chi connectivity index (χ4n) is 5.37. The summed E-state index contributed by atoms with van der Waals surface area (Å²) in [6.07, 6.45) is 17.8. The third kappa shape index (κ3) is 3.82. The Balaban J connectivity index is 1.28. The zero-order valence-corrected chi connectivity index (χ0v) is 18.8. The first-order valence-corrected chi connectivity index (χ1v) is 12.1. The maximum atomic E-state index is 9.25. The largest absolute Gasteiger partial charge is 0.272 e. The Morgan fingerprint density at radius 1 is 0.909 bits per heavy atom. The Morgan fingerprint density at radius 3 is 2.42 bits per heavy atom. The van der Waals surface area contributed by atoms with Crippen molar-refractivity contribution in [1.82, 2.24) is 24.4 Å². The Hall–Kier alpha value is -3.46. The van der Waals surface area contributed by atoms with Crippen LogP contribution in [0.25, 0.3) is 27.8 Å². The van der Waals surface area contributed by atoms with Crippen molar-refractivity contribution >= 4 is 5.52 Å². The Kier molecular flexibility index (Phi) is 5.18. The zero-order chi connectivity index (χ0) is 22.2. The molecule has 6 nitrogen and oxygen atoms in total. The van der Waals surface area contributed by atoms with Gasteiger partial charge in [-0.2, -0.15) is 15.5 Å². The molecule has 2 aliphatic carbocycles. The average Bonchev–Trinajstić information content (AvgIpc) is 3.49. The quantitative estimate of drug-likeness (QED) is 0.393. The van der Waals surface area contributed by atoms with Gasteiger partial charge in [-0.15, -0.1) is 0 Å². The number of nitrogens with zero attached hydrogens (tertiary/aromatic N) is 6. The van der Waals surface area contributed by atoms with E-state index in [1.807, 2.05) is 29.3 Å². The Bertz CT molecular complexity index is 1300. The molecule has 0 aliphatic heterocycles. The molecule has 2 aliphatic rings. The SMILES string of the molecule is N#CC1CCC(c2nccn3ncc(-c4ccc(-c5cnn(CC6CCC6)c5)cc4)c23)CC1. The van der Waals surface area contributed by atoms with Gasteiger partial charge in [-0.3, -0.25) is 9.67 Å². The predicted octanol–water partition coefficient (Wildman–Crippen LogP) is 5.86. The van der Waals surface area contributed by atoms with Crippen LogP contribution in [0.15, 0.2) is 55.2 Å². The van der Waals surface area contributed by atoms with Crippen molar-refractivity contribution in [3.8, 4) is 28.3 Å². The Morgan fingerprint density at radius 2 is 1.70 bits per heavy atom. The maximum absolute atomic E-state index is 9.25. The van der Waals surface area contributed by atoms with Crippen molar-refractivity contribution in [3.63, 3.8) is 0 Å². The van der Waals surface area contributed by atoms with E-state index >= 15 is 0 Å². The Labute approximate surface area is 193 Å². The lowest BCUT2D eigenvalue weighted by Crippen LogP contribution is -2.18. The van der Waals surface area contributed by atoms with Gasteiger partial charge in [0.25, 0.3) is 0 Å². The summed E-state index contributed by atoms with van der Waals surface area (Å²) in [4.78, 5) is 4.79. The summed E-state index contributed by atoms with van der Waals surface area (Å²) in [6.45, 7) is 1.03. The van der Waals surface area contributed by atoms with E-state index in [9.17, 15) is 5.26 Å². The van der Waals surface area contributed by atoms with E-state index in [1.165, 1.54) is 24.8 Å². The van der Waals surface area contributed by atoms with Gasteiger partial charge in [0.2, 0.25) is 0 Å². The fourth-order valence-corrected chi connectivity index (χ4v) is 5.37. The zero-order valence-electron chi connectivity index (χ0n) is 18.8. The molecule has 166 valence electrons. The molecule has 6 heteroatoms. The van der Waals surface area contributed by atoms with E-state index in [1.54, 1.807) is 0 Å². The van der Waals surface area contributed by atoms with Crippen LogP contribution in [0.3, 0.4) is 0 Å². The molecule has 33 heavy (non-hydrogen) atoms. The second-order valence-electron chi connectivity index (χ2n) is 9.67. The molecule has 1 aromatic carbocycles. The van der Waals surface area contributed by atoms with Gasteiger partial charge < -0.3 is 0 Å². The molecular formula is C27H28N6. The first-order chi connectivity index (χ1) is 16.3. The van der Waals surface area contributed by atoms with Crippen LogP contribution in [0.1, 0.15) is 56.6 Å². The molecular weight excluding hydrogens is 408 g/mol. The first-order valence-electron chi connectivity index (χ1n) is 12.1. The van der Waals surface area contributed by atoms with Crippen molar-refractivity contribution in [2.75, 3.05) is 0 Å². The second kappa shape index (κ2) is 8.47. The number of benzene rings is 1. The van der Waals surface area contributed by atoms with Crippen LogP contribution in [-0.2, 0) is 6.54 Å². The van der Waals surface area contributed by atoms with Gasteiger partial charge in [0, 0.05) is 48.1 Å². The van der Waals surface area contributed by atoms with E-state index < -0.39 is 0 Å². The summed E-state index contributed by atoms with van der Waals surface area (Å²) in [7, 11) is 0. The highest BCUT2D eigenvalue weighted by Crippen LogP contribution is 2.39. The number of hydrogen-bond donors (Lipinski definition) is 0. The van der Waals surface area contributed by atoms with E-state index in [-0.39, 0.29) is 5.92 Å². The van der Waals surface area contributed by atoms with E-state index in [0.29, 0.717) is 5.92 Å². The monoisotopic (exact) mass is 436 g/mol. The van der Waals surface area contributed by atoms with Gasteiger partial charge in [0.15, 0.2) is 0 Å². The molecule has 0 atom stereocenters. The van der Waals surface area contributed by atoms with Crippen LogP contribution in [0.5, 0.6) is 0 Å². The average molecular weight is 437 g/mol. The van der Waals surface area contributed by atoms with Crippen LogP contribution >= 0.6 is 0 Å². The predicted molar refractivity (Wildman–Crippen MR) is 127 cm³/mol. The smallest absolute Gasteiger partial charge is 0.0958 e. The summed E-state index contributed by atoms with van der Waals surface area (Å²) in [5.74, 6) is 1.37. The molecule has 0 unspecified atom stereocenters. The number of fused-ring (bicyclic) bond motifs is 1. The summed E-state index contributed by atoms with van der Waals surface area (Å²) < 4.78 is 4.05. The second-order valence-corrected chi connectivity index (χ2v) is 9.67. The van der Waals surface area contributed by atoms with Crippen molar-refractivity contribution in [2.45, 2.75) is 57.4 Å². The van der Waals surface area contributed by atoms with Crippen LogP contribution in [0.2, 0.25) is 0 Å². The molecule has 0 radical (unpaired) electrons. The molecule has 6 rings (SSSR count). The molecule has 2 saturated carbocycles. The van der Waals surface area contributed by atoms with Crippen molar-refractivity contribution < 1.29 is 0 Å². The number of rotatable bonds is 5. The minimum absolute atomic E-state index is 0.191. The highest BCUT2D eigenvalue weighted by molar-refractivity contribution is 5.83. The van der Waals surface area contributed by atoms with Crippen LogP contribution in [0.4, 0.5) is 0 Å². The first kappa shape index (κ1) is 20.2. The molecule has 0 saturated heterocycles. The third-order valence-electron chi connectivity index (χ3n) is 7.59. The highest BCUT2D eigenvalue weighted by Gasteiger charge is 2.26. The molecule has 0 amide bonds. The topological polar surface area (TPSA) is 71.8 Å². The molecule has 0 spiro atoms. The van der Waals surface area contributed by atoms with Crippen LogP contribution < -0.4 is 0 Å². The van der Waals surface area contributed by atoms with Crippen molar-refractivity contribution in [2.24, 2.45) is 11.8 Å². The number of hydrogen-bond acceptors (Lipinski definition) is 4. The lowest BCUT2D eigenvalue weighted by atomic mass is 9.80. The summed E-state index contributed by atoms with van der Waals surface area (Å²) in [6, 6.07) is 11.2. The molecule has 0 N–H and O–H groups in total. The van der Waals surface area contributed by atoms with E-state index in [2.05, 4.69) is 51.4 Å². The van der Waals surface area contributed by atoms with Gasteiger partial charge in [-0.25, -0.2) is 4.52 Å². The van der Waals surface area contributed by atoms with Crippen LogP contribution in [0, 0.1) is 23.2 Å². The maximum Gasteiger partial charge on any atom is 0.0958 e. The number of nitriles is 1. The van der Waals surface area contributed by atoms with Gasteiger partial charge in [0.1, 0.15) is 0 Å². The van der Waals surface area contributed by atoms with E-state index in [4.69, 9.17) is 4.98 Å². The van der Waals surface area contributed by atoms with Gasteiger partial charge >= 0.3 is 0 Å². The number of aromatic nitrogens is 5. The third-order valence-corrected chi connectivity index (χ3v) is 7.59. The molecule has 3 aromatic heterocycles. The van der Waals surface area contributed by atoms with E-state index in [0.717, 1.165) is 66.0 Å². The van der Waals surface area contributed by atoms with Crippen molar-refractivity contribution in [1.29, 1.82) is 5.26 Å². The summed E-state index contributed by atoms with van der Waals surface area (Å²) >= 11 is 0. The standard InChI is InChI=1S/C27H28N6/c28-14-19-4-6-23(7-5-19)26-27-25(16-31-33(27)13-12-29-26)22-10-8-21(9-11-22)24-15-30-32(18-24)17-20-2-1-3-20/h8-13,15-16,18-20,23H,1-7,17H2. The lowest BCUT2D eigenvalue weighted by molar-refractivity contribution is 0.266. The highest BCUT2D eigenvalue weighted by atomic mass is 15.3. The van der Waals surface area contributed by atoms with Crippen molar-refractivity contribution in [3.05, 3.63) is 60.9 Å². The van der Waals surface area contributed by atoms with Crippen LogP contribution in [-0.4, -0.2) is 24.4 Å². The lowest BCUT2D eigenvalue weighted by Gasteiger charge is -2.25. The summed E-state index contributed by atoms with van der Waals surface area (Å²) in [5.41, 5.74) is 6.82. The fraction of sp³-hybridized carbons (Fsp3) is 0.407. The minimum atomic E-state index is 0.191. The summed E-state index contributed by atoms with van der Waals surface area (Å²) in [5, 5.41) is 18.4.